The van der Waals surface area contributed by atoms with Crippen molar-refractivity contribution in [3.05, 3.63) is 24.3 Å². The normalized spacial score (nSPS) is 17.4. The molecule has 90 valence electrons. The Morgan fingerprint density at radius 1 is 1.24 bits per heavy atom. The van der Waals surface area contributed by atoms with Crippen molar-refractivity contribution in [1.29, 1.82) is 0 Å². The molecule has 2 aromatic heterocycles. The van der Waals surface area contributed by atoms with Gasteiger partial charge in [-0.25, -0.2) is 0 Å². The highest BCUT2D eigenvalue weighted by molar-refractivity contribution is 5.44. The fourth-order valence-electron chi connectivity index (χ4n) is 2.13. The molecule has 0 spiro atoms. The quantitative estimate of drug-likeness (QED) is 0.814. The first kappa shape index (κ1) is 10.5. The first-order chi connectivity index (χ1) is 8.42. The van der Waals surface area contributed by atoms with E-state index in [0.29, 0.717) is 17.5 Å². The highest BCUT2D eigenvalue weighted by Crippen LogP contribution is 2.17. The minimum Gasteiger partial charge on any atom is -0.461 e. The molecule has 0 aliphatic carbocycles. The van der Waals surface area contributed by atoms with Crippen molar-refractivity contribution in [1.82, 2.24) is 15.0 Å². The lowest BCUT2D eigenvalue weighted by Crippen LogP contribution is -2.29. The van der Waals surface area contributed by atoms with Crippen LogP contribution in [0.15, 0.2) is 27.3 Å². The van der Waals surface area contributed by atoms with Crippen molar-refractivity contribution in [2.45, 2.75) is 25.8 Å². The summed E-state index contributed by atoms with van der Waals surface area (Å²) in [6.07, 6.45) is 5.46. The summed E-state index contributed by atoms with van der Waals surface area (Å²) in [6.45, 7) is 2.99. The van der Waals surface area contributed by atoms with E-state index in [1.807, 2.05) is 12.1 Å². The van der Waals surface area contributed by atoms with Crippen LogP contribution >= 0.6 is 0 Å². The fraction of sp³-hybridized carbons (Fsp3) is 0.500. The van der Waals surface area contributed by atoms with Gasteiger partial charge >= 0.3 is 0 Å². The van der Waals surface area contributed by atoms with Gasteiger partial charge in [-0.05, 0) is 38.1 Å². The summed E-state index contributed by atoms with van der Waals surface area (Å²) in [5.41, 5.74) is 0. The number of nitrogens with zero attached hydrogens (tertiary/aromatic N) is 3. The molecule has 3 rings (SSSR count). The third kappa shape index (κ3) is 2.39. The molecule has 17 heavy (non-hydrogen) atoms. The molecule has 1 saturated heterocycles. The monoisotopic (exact) mass is 233 g/mol. The average Bonchev–Trinajstić information content (AvgIpc) is 3.00. The van der Waals surface area contributed by atoms with Crippen LogP contribution < -0.4 is 0 Å². The summed E-state index contributed by atoms with van der Waals surface area (Å²) in [6, 6.07) is 3.64. The first-order valence-electron chi connectivity index (χ1n) is 6.00. The zero-order valence-corrected chi connectivity index (χ0v) is 9.63. The van der Waals surface area contributed by atoms with Crippen molar-refractivity contribution < 1.29 is 8.94 Å². The minimum absolute atomic E-state index is 0.530. The minimum atomic E-state index is 0.530. The lowest BCUT2D eigenvalue weighted by molar-refractivity contribution is 0.193. The van der Waals surface area contributed by atoms with E-state index in [4.69, 9.17) is 8.94 Å². The molecule has 5 nitrogen and oxygen atoms in total. The molecule has 0 bridgehead atoms. The third-order valence-electron chi connectivity index (χ3n) is 3.02. The highest BCUT2D eigenvalue weighted by Gasteiger charge is 2.15. The van der Waals surface area contributed by atoms with Crippen molar-refractivity contribution in [2.24, 2.45) is 0 Å². The molecule has 0 aromatic carbocycles. The summed E-state index contributed by atoms with van der Waals surface area (Å²) >= 11 is 0. The maximum Gasteiger partial charge on any atom is 0.241 e. The van der Waals surface area contributed by atoms with Gasteiger partial charge in [-0.3, -0.25) is 4.90 Å². The summed E-state index contributed by atoms with van der Waals surface area (Å²) in [5.74, 6) is 1.85. The number of furan rings is 1. The predicted molar refractivity (Wildman–Crippen MR) is 61.1 cm³/mol. The van der Waals surface area contributed by atoms with Gasteiger partial charge in [0.2, 0.25) is 11.7 Å². The Kier molecular flexibility index (Phi) is 2.92. The number of hydrogen-bond acceptors (Lipinski definition) is 5. The Balaban J connectivity index is 1.68. The molecule has 1 fully saturated rings. The van der Waals surface area contributed by atoms with Gasteiger partial charge in [-0.2, -0.15) is 4.98 Å². The summed E-state index contributed by atoms with van der Waals surface area (Å²) in [4.78, 5) is 6.68. The van der Waals surface area contributed by atoms with Crippen LogP contribution in [-0.2, 0) is 6.54 Å². The molecule has 1 aliphatic heterocycles. The maximum atomic E-state index is 5.23. The van der Waals surface area contributed by atoms with Gasteiger partial charge in [0.05, 0.1) is 12.8 Å². The lowest BCUT2D eigenvalue weighted by Gasteiger charge is -2.24. The van der Waals surface area contributed by atoms with E-state index in [2.05, 4.69) is 15.0 Å². The summed E-state index contributed by atoms with van der Waals surface area (Å²) in [7, 11) is 0. The van der Waals surface area contributed by atoms with Crippen molar-refractivity contribution in [3.63, 3.8) is 0 Å². The van der Waals surface area contributed by atoms with Crippen LogP contribution in [0.5, 0.6) is 0 Å². The van der Waals surface area contributed by atoms with Crippen LogP contribution in [-0.4, -0.2) is 28.1 Å². The van der Waals surface area contributed by atoms with Gasteiger partial charge in [0.25, 0.3) is 0 Å². The van der Waals surface area contributed by atoms with Crippen LogP contribution in [0.3, 0.4) is 0 Å². The molecule has 2 aromatic rings. The van der Waals surface area contributed by atoms with E-state index >= 15 is 0 Å². The van der Waals surface area contributed by atoms with Gasteiger partial charge in [0, 0.05) is 0 Å². The number of aromatic nitrogens is 2. The van der Waals surface area contributed by atoms with E-state index in [0.717, 1.165) is 19.6 Å². The van der Waals surface area contributed by atoms with Gasteiger partial charge < -0.3 is 8.94 Å². The first-order valence-corrected chi connectivity index (χ1v) is 6.00. The molecular weight excluding hydrogens is 218 g/mol. The second-order valence-electron chi connectivity index (χ2n) is 4.33. The number of likely N-dealkylation sites (tertiary alicyclic amines) is 1. The Hall–Kier alpha value is -1.62. The molecule has 0 N–H and O–H groups in total. The van der Waals surface area contributed by atoms with E-state index < -0.39 is 0 Å². The number of rotatable bonds is 3. The molecule has 0 atom stereocenters. The van der Waals surface area contributed by atoms with Crippen LogP contribution in [0.2, 0.25) is 0 Å². The maximum absolute atomic E-state index is 5.23. The number of piperidine rings is 1. The zero-order chi connectivity index (χ0) is 11.5. The molecular formula is C12H15N3O2. The Labute approximate surface area is 99.4 Å². The smallest absolute Gasteiger partial charge is 0.241 e. The van der Waals surface area contributed by atoms with Crippen LogP contribution in [0.4, 0.5) is 0 Å². The summed E-state index contributed by atoms with van der Waals surface area (Å²) in [5, 5.41) is 3.92. The molecule has 3 heterocycles. The number of hydrogen-bond donors (Lipinski definition) is 0. The van der Waals surface area contributed by atoms with Gasteiger partial charge in [0.1, 0.15) is 0 Å². The average molecular weight is 233 g/mol. The molecule has 1 aliphatic rings. The SMILES string of the molecule is c1coc(-c2noc(CN3CCCCC3)n2)c1. The van der Waals surface area contributed by atoms with Gasteiger partial charge in [0.15, 0.2) is 5.76 Å². The second-order valence-corrected chi connectivity index (χ2v) is 4.33. The highest BCUT2D eigenvalue weighted by atomic mass is 16.5. The van der Waals surface area contributed by atoms with Crippen molar-refractivity contribution in [2.75, 3.05) is 13.1 Å². The molecule has 0 radical (unpaired) electrons. The molecule has 0 amide bonds. The second kappa shape index (κ2) is 4.71. The summed E-state index contributed by atoms with van der Waals surface area (Å²) < 4.78 is 10.5. The molecule has 5 heteroatoms. The van der Waals surface area contributed by atoms with Gasteiger partial charge in [-0.1, -0.05) is 11.6 Å². The van der Waals surface area contributed by atoms with Gasteiger partial charge in [-0.15, -0.1) is 0 Å². The fourth-order valence-corrected chi connectivity index (χ4v) is 2.13. The van der Waals surface area contributed by atoms with Crippen molar-refractivity contribution in [3.8, 4) is 11.6 Å². The Bertz CT molecular complexity index is 458. The van der Waals surface area contributed by atoms with Crippen molar-refractivity contribution >= 4 is 0 Å². The van der Waals surface area contributed by atoms with E-state index in [1.54, 1.807) is 6.26 Å². The third-order valence-corrected chi connectivity index (χ3v) is 3.02. The lowest BCUT2D eigenvalue weighted by atomic mass is 10.1. The molecule has 0 unspecified atom stereocenters. The Morgan fingerprint density at radius 2 is 2.12 bits per heavy atom. The van der Waals surface area contributed by atoms with E-state index in [9.17, 15) is 0 Å². The Morgan fingerprint density at radius 3 is 2.88 bits per heavy atom. The standard InChI is InChI=1S/C12H15N3O2/c1-2-6-15(7-3-1)9-11-13-12(14-17-11)10-5-4-8-16-10/h4-5,8H,1-3,6-7,9H2. The van der Waals surface area contributed by atoms with Crippen LogP contribution in [0, 0.1) is 0 Å². The van der Waals surface area contributed by atoms with Crippen LogP contribution in [0.25, 0.3) is 11.6 Å². The topological polar surface area (TPSA) is 55.3 Å². The van der Waals surface area contributed by atoms with Crippen LogP contribution in [0.1, 0.15) is 25.2 Å². The predicted octanol–water partition coefficient (Wildman–Crippen LogP) is 2.32. The largest absolute Gasteiger partial charge is 0.461 e. The molecule has 0 saturated carbocycles. The van der Waals surface area contributed by atoms with E-state index in [1.165, 1.54) is 19.3 Å². The zero-order valence-electron chi connectivity index (χ0n) is 9.63. The van der Waals surface area contributed by atoms with E-state index in [-0.39, 0.29) is 0 Å².